The van der Waals surface area contributed by atoms with Gasteiger partial charge in [-0.05, 0) is 6.07 Å². The molecule has 0 amide bonds. The standard InChI is InChI=1S/C8H3F7O/c9-5-2-6(16)4(8(13,14)15)1-3(5)7(10,11)12/h1-2,16H. The summed E-state index contributed by atoms with van der Waals surface area (Å²) in [4.78, 5) is 0. The fourth-order valence-corrected chi connectivity index (χ4v) is 1.01. The van der Waals surface area contributed by atoms with Gasteiger partial charge < -0.3 is 5.11 Å². The second-order valence-electron chi connectivity index (χ2n) is 2.84. The second kappa shape index (κ2) is 3.53. The summed E-state index contributed by atoms with van der Waals surface area (Å²) in [7, 11) is 0. The number of halogens is 7. The topological polar surface area (TPSA) is 20.2 Å². The lowest BCUT2D eigenvalue weighted by Crippen LogP contribution is -2.13. The summed E-state index contributed by atoms with van der Waals surface area (Å²) in [5, 5.41) is 8.69. The molecule has 90 valence electrons. The summed E-state index contributed by atoms with van der Waals surface area (Å²) in [6, 6.07) is -0.684. The predicted octanol–water partition coefficient (Wildman–Crippen LogP) is 3.57. The van der Waals surface area contributed by atoms with Gasteiger partial charge in [0, 0.05) is 6.07 Å². The van der Waals surface area contributed by atoms with Crippen LogP contribution in [0.2, 0.25) is 0 Å². The van der Waals surface area contributed by atoms with Gasteiger partial charge in [-0.1, -0.05) is 0 Å². The van der Waals surface area contributed by atoms with Crippen LogP contribution in [0.15, 0.2) is 12.1 Å². The SMILES string of the molecule is Oc1cc(F)c(C(F)(F)F)cc1C(F)(F)F. The Kier molecular flexibility index (Phi) is 2.78. The Hall–Kier alpha value is -1.47. The van der Waals surface area contributed by atoms with Crippen LogP contribution in [0, 0.1) is 5.82 Å². The molecule has 1 aromatic rings. The van der Waals surface area contributed by atoms with Crippen molar-refractivity contribution in [3.05, 3.63) is 29.1 Å². The molecule has 1 rings (SSSR count). The Morgan fingerprint density at radius 1 is 0.812 bits per heavy atom. The molecular formula is C8H3F7O. The number of hydrogen-bond acceptors (Lipinski definition) is 1. The molecule has 0 radical (unpaired) electrons. The molecule has 1 N–H and O–H groups in total. The molecular weight excluding hydrogens is 245 g/mol. The molecule has 0 saturated carbocycles. The summed E-state index contributed by atoms with van der Waals surface area (Å²) in [5.74, 6) is -3.55. The van der Waals surface area contributed by atoms with Gasteiger partial charge in [-0.2, -0.15) is 26.3 Å². The van der Waals surface area contributed by atoms with Crippen molar-refractivity contribution >= 4 is 0 Å². The monoisotopic (exact) mass is 248 g/mol. The van der Waals surface area contributed by atoms with Crippen LogP contribution in [-0.4, -0.2) is 5.11 Å². The summed E-state index contributed by atoms with van der Waals surface area (Å²) in [5.41, 5.74) is -4.00. The zero-order chi connectivity index (χ0) is 12.7. The van der Waals surface area contributed by atoms with E-state index in [1.54, 1.807) is 0 Å². The van der Waals surface area contributed by atoms with E-state index in [0.717, 1.165) is 0 Å². The number of aromatic hydroxyl groups is 1. The lowest BCUT2D eigenvalue weighted by Gasteiger charge is -2.13. The first-order valence-corrected chi connectivity index (χ1v) is 3.70. The normalized spacial score (nSPS) is 12.9. The molecule has 1 aromatic carbocycles. The Morgan fingerprint density at radius 3 is 1.62 bits per heavy atom. The highest BCUT2D eigenvalue weighted by atomic mass is 19.4. The molecule has 0 spiro atoms. The zero-order valence-electron chi connectivity index (χ0n) is 7.25. The van der Waals surface area contributed by atoms with E-state index in [1.807, 2.05) is 0 Å². The summed E-state index contributed by atoms with van der Waals surface area (Å²) in [6.07, 6.45) is -10.4. The van der Waals surface area contributed by atoms with Gasteiger partial charge >= 0.3 is 12.4 Å². The Labute approximate surface area is 84.1 Å². The third-order valence-corrected chi connectivity index (χ3v) is 1.70. The summed E-state index contributed by atoms with van der Waals surface area (Å²) in [6.45, 7) is 0. The molecule has 0 aliphatic heterocycles. The molecule has 0 aromatic heterocycles. The van der Waals surface area contributed by atoms with Crippen molar-refractivity contribution in [1.82, 2.24) is 0 Å². The van der Waals surface area contributed by atoms with Crippen LogP contribution < -0.4 is 0 Å². The maximum absolute atomic E-state index is 12.7. The third-order valence-electron chi connectivity index (χ3n) is 1.70. The van der Waals surface area contributed by atoms with Gasteiger partial charge in [0.2, 0.25) is 0 Å². The van der Waals surface area contributed by atoms with Gasteiger partial charge in [0.15, 0.2) is 0 Å². The number of phenols is 1. The molecule has 0 atom stereocenters. The number of benzene rings is 1. The molecule has 0 bridgehead atoms. The van der Waals surface area contributed by atoms with Gasteiger partial charge in [-0.25, -0.2) is 4.39 Å². The third kappa shape index (κ3) is 2.37. The fourth-order valence-electron chi connectivity index (χ4n) is 1.01. The minimum Gasteiger partial charge on any atom is -0.507 e. The molecule has 0 saturated heterocycles. The molecule has 1 nitrogen and oxygen atoms in total. The first kappa shape index (κ1) is 12.6. The maximum Gasteiger partial charge on any atom is 0.419 e. The van der Waals surface area contributed by atoms with Crippen LogP contribution in [0.4, 0.5) is 30.7 Å². The molecule has 0 aliphatic rings. The Balaban J connectivity index is 3.45. The van der Waals surface area contributed by atoms with Crippen molar-refractivity contribution in [2.45, 2.75) is 12.4 Å². The highest BCUT2D eigenvalue weighted by Crippen LogP contribution is 2.41. The summed E-state index contributed by atoms with van der Waals surface area (Å²) < 4.78 is 85.1. The van der Waals surface area contributed by atoms with Crippen LogP contribution in [0.1, 0.15) is 11.1 Å². The fraction of sp³-hybridized carbons (Fsp3) is 0.250. The Bertz CT molecular complexity index is 369. The average molecular weight is 248 g/mol. The van der Waals surface area contributed by atoms with Crippen molar-refractivity contribution in [1.29, 1.82) is 0 Å². The smallest absolute Gasteiger partial charge is 0.419 e. The van der Waals surface area contributed by atoms with Crippen LogP contribution >= 0.6 is 0 Å². The molecule has 8 heteroatoms. The van der Waals surface area contributed by atoms with Gasteiger partial charge in [-0.3, -0.25) is 0 Å². The van der Waals surface area contributed by atoms with Crippen molar-refractivity contribution in [2.75, 3.05) is 0 Å². The first-order valence-electron chi connectivity index (χ1n) is 3.70. The van der Waals surface area contributed by atoms with E-state index >= 15 is 0 Å². The quantitative estimate of drug-likeness (QED) is 0.696. The van der Waals surface area contributed by atoms with Gasteiger partial charge in [0.05, 0.1) is 11.1 Å². The van der Waals surface area contributed by atoms with Crippen LogP contribution in [0.25, 0.3) is 0 Å². The van der Waals surface area contributed by atoms with E-state index in [-0.39, 0.29) is 6.07 Å². The van der Waals surface area contributed by atoms with Crippen molar-refractivity contribution in [3.63, 3.8) is 0 Å². The van der Waals surface area contributed by atoms with E-state index in [0.29, 0.717) is 0 Å². The van der Waals surface area contributed by atoms with Gasteiger partial charge in [0.25, 0.3) is 0 Å². The van der Waals surface area contributed by atoms with E-state index in [9.17, 15) is 30.7 Å². The number of hydrogen-bond donors (Lipinski definition) is 1. The van der Waals surface area contributed by atoms with Crippen LogP contribution in [-0.2, 0) is 12.4 Å². The Morgan fingerprint density at radius 2 is 1.25 bits per heavy atom. The molecule has 0 aliphatic carbocycles. The minimum absolute atomic E-state index is 0.217. The zero-order valence-corrected chi connectivity index (χ0v) is 7.25. The highest BCUT2D eigenvalue weighted by molar-refractivity contribution is 5.40. The number of alkyl halides is 6. The van der Waals surface area contributed by atoms with E-state index in [1.165, 1.54) is 0 Å². The highest BCUT2D eigenvalue weighted by Gasteiger charge is 2.40. The minimum atomic E-state index is -5.25. The van der Waals surface area contributed by atoms with E-state index in [4.69, 9.17) is 5.11 Å². The van der Waals surface area contributed by atoms with Crippen molar-refractivity contribution in [3.8, 4) is 5.75 Å². The average Bonchev–Trinajstić information content (AvgIpc) is 1.97. The largest absolute Gasteiger partial charge is 0.507 e. The maximum atomic E-state index is 12.7. The van der Waals surface area contributed by atoms with E-state index < -0.39 is 41.1 Å². The first-order chi connectivity index (χ1) is 7.03. The van der Waals surface area contributed by atoms with Crippen LogP contribution in [0.3, 0.4) is 0 Å². The number of phenolic OH excluding ortho intramolecular Hbond substituents is 1. The van der Waals surface area contributed by atoms with Crippen molar-refractivity contribution < 1.29 is 35.8 Å². The van der Waals surface area contributed by atoms with Gasteiger partial charge in [-0.15, -0.1) is 0 Å². The molecule has 0 fully saturated rings. The molecule has 16 heavy (non-hydrogen) atoms. The molecule has 0 heterocycles. The summed E-state index contributed by atoms with van der Waals surface area (Å²) >= 11 is 0. The lowest BCUT2D eigenvalue weighted by atomic mass is 10.1. The van der Waals surface area contributed by atoms with Gasteiger partial charge in [0.1, 0.15) is 11.6 Å². The lowest BCUT2D eigenvalue weighted by molar-refractivity contribution is -0.145. The van der Waals surface area contributed by atoms with Crippen molar-refractivity contribution in [2.24, 2.45) is 0 Å². The number of rotatable bonds is 0. The van der Waals surface area contributed by atoms with Crippen LogP contribution in [0.5, 0.6) is 5.75 Å². The predicted molar refractivity (Wildman–Crippen MR) is 38.1 cm³/mol. The van der Waals surface area contributed by atoms with E-state index in [2.05, 4.69) is 0 Å². The molecule has 0 unspecified atom stereocenters. The second-order valence-corrected chi connectivity index (χ2v) is 2.84.